The highest BCUT2D eigenvalue weighted by molar-refractivity contribution is 5.45. The van der Waals surface area contributed by atoms with Gasteiger partial charge in [-0.25, -0.2) is 0 Å². The van der Waals surface area contributed by atoms with E-state index in [1.807, 2.05) is 12.4 Å². The van der Waals surface area contributed by atoms with Crippen molar-refractivity contribution in [3.63, 3.8) is 0 Å². The molecule has 6 heteroatoms. The van der Waals surface area contributed by atoms with E-state index in [2.05, 4.69) is 31.8 Å². The molecule has 3 aliphatic heterocycles. The lowest BCUT2D eigenvalue weighted by Gasteiger charge is -2.40. The minimum Gasteiger partial charge on any atom is -0.390 e. The highest BCUT2D eigenvalue weighted by Gasteiger charge is 2.39. The molecule has 0 aliphatic carbocycles. The van der Waals surface area contributed by atoms with Crippen molar-refractivity contribution in [1.29, 1.82) is 0 Å². The van der Waals surface area contributed by atoms with Crippen molar-refractivity contribution in [2.45, 2.75) is 31.0 Å². The van der Waals surface area contributed by atoms with E-state index < -0.39 is 0 Å². The molecular formula is C18H28N4O2. The van der Waals surface area contributed by atoms with Crippen molar-refractivity contribution in [2.75, 3.05) is 57.4 Å². The molecule has 0 bridgehead atoms. The van der Waals surface area contributed by atoms with Crippen LogP contribution in [0.5, 0.6) is 0 Å². The molecule has 0 radical (unpaired) electrons. The lowest BCUT2D eigenvalue weighted by Crippen LogP contribution is -2.54. The topological polar surface area (TPSA) is 52.1 Å². The predicted octanol–water partition coefficient (Wildman–Crippen LogP) is 0.428. The molecule has 1 N–H and O–H groups in total. The van der Waals surface area contributed by atoms with Crippen molar-refractivity contribution < 1.29 is 9.84 Å². The Morgan fingerprint density at radius 2 is 1.67 bits per heavy atom. The second-order valence-electron chi connectivity index (χ2n) is 7.16. The van der Waals surface area contributed by atoms with Gasteiger partial charge in [-0.2, -0.15) is 0 Å². The van der Waals surface area contributed by atoms with Gasteiger partial charge in [0.15, 0.2) is 0 Å². The van der Waals surface area contributed by atoms with Crippen LogP contribution in [0.3, 0.4) is 0 Å². The number of aliphatic hydroxyl groups is 1. The number of rotatable bonds is 3. The number of pyridine rings is 1. The molecule has 3 aliphatic rings. The van der Waals surface area contributed by atoms with Crippen LogP contribution < -0.4 is 4.90 Å². The third-order valence-corrected chi connectivity index (χ3v) is 5.81. The lowest BCUT2D eigenvalue weighted by molar-refractivity contribution is 0.0376. The van der Waals surface area contributed by atoms with Crippen LogP contribution in [0.15, 0.2) is 24.5 Å². The summed E-state index contributed by atoms with van der Waals surface area (Å²) in [5, 5.41) is 10.6. The van der Waals surface area contributed by atoms with Crippen LogP contribution in [0.25, 0.3) is 0 Å². The van der Waals surface area contributed by atoms with E-state index in [-0.39, 0.29) is 12.1 Å². The van der Waals surface area contributed by atoms with Crippen molar-refractivity contribution >= 4 is 5.69 Å². The first kappa shape index (κ1) is 16.3. The average Bonchev–Trinajstić information content (AvgIpc) is 3.05. The van der Waals surface area contributed by atoms with Gasteiger partial charge < -0.3 is 14.7 Å². The Kier molecular flexibility index (Phi) is 4.98. The Bertz CT molecular complexity index is 515. The fraction of sp³-hybridized carbons (Fsp3) is 0.722. The Morgan fingerprint density at radius 1 is 0.958 bits per heavy atom. The summed E-state index contributed by atoms with van der Waals surface area (Å²) in [7, 11) is 0. The second-order valence-corrected chi connectivity index (χ2v) is 7.16. The first-order chi connectivity index (χ1) is 11.8. The summed E-state index contributed by atoms with van der Waals surface area (Å²) in [4.78, 5) is 11.5. The number of ether oxygens (including phenoxy) is 1. The molecule has 24 heavy (non-hydrogen) atoms. The van der Waals surface area contributed by atoms with Crippen LogP contribution >= 0.6 is 0 Å². The van der Waals surface area contributed by atoms with Crippen molar-refractivity contribution in [3.05, 3.63) is 24.5 Å². The number of nitrogens with zero attached hydrogens (tertiary/aromatic N) is 4. The maximum absolute atomic E-state index is 10.6. The molecule has 2 atom stereocenters. The van der Waals surface area contributed by atoms with E-state index in [4.69, 9.17) is 4.74 Å². The third kappa shape index (κ3) is 3.42. The van der Waals surface area contributed by atoms with Gasteiger partial charge in [0.05, 0.1) is 6.10 Å². The second kappa shape index (κ2) is 7.35. The largest absolute Gasteiger partial charge is 0.390 e. The summed E-state index contributed by atoms with van der Waals surface area (Å²) >= 11 is 0. The van der Waals surface area contributed by atoms with Gasteiger partial charge in [-0.3, -0.25) is 14.8 Å². The summed E-state index contributed by atoms with van der Waals surface area (Å²) in [6.07, 6.45) is 5.70. The van der Waals surface area contributed by atoms with E-state index in [9.17, 15) is 5.11 Å². The highest BCUT2D eigenvalue weighted by atomic mass is 16.5. The third-order valence-electron chi connectivity index (χ3n) is 5.81. The summed E-state index contributed by atoms with van der Waals surface area (Å²) in [6.45, 7) is 7.63. The number of piperazine rings is 1. The van der Waals surface area contributed by atoms with Crippen LogP contribution in [0.2, 0.25) is 0 Å². The molecule has 0 unspecified atom stereocenters. The van der Waals surface area contributed by atoms with Crippen LogP contribution in [0, 0.1) is 0 Å². The fourth-order valence-corrected chi connectivity index (χ4v) is 4.37. The van der Waals surface area contributed by atoms with Crippen LogP contribution in [0.4, 0.5) is 5.69 Å². The van der Waals surface area contributed by atoms with E-state index in [1.54, 1.807) is 0 Å². The van der Waals surface area contributed by atoms with Gasteiger partial charge in [0.1, 0.15) is 0 Å². The first-order valence-corrected chi connectivity index (χ1v) is 9.20. The van der Waals surface area contributed by atoms with Gasteiger partial charge in [0.2, 0.25) is 0 Å². The lowest BCUT2D eigenvalue weighted by atomic mass is 10.1. The quantitative estimate of drug-likeness (QED) is 0.866. The molecular weight excluding hydrogens is 304 g/mol. The molecule has 3 saturated heterocycles. The monoisotopic (exact) mass is 332 g/mol. The molecule has 1 aromatic rings. The van der Waals surface area contributed by atoms with Crippen LogP contribution in [-0.4, -0.2) is 90.6 Å². The molecule has 0 saturated carbocycles. The zero-order valence-electron chi connectivity index (χ0n) is 14.3. The van der Waals surface area contributed by atoms with Crippen molar-refractivity contribution in [1.82, 2.24) is 14.8 Å². The number of hydrogen-bond donors (Lipinski definition) is 1. The number of hydrogen-bond acceptors (Lipinski definition) is 6. The Morgan fingerprint density at radius 3 is 2.38 bits per heavy atom. The number of anilines is 1. The van der Waals surface area contributed by atoms with Crippen molar-refractivity contribution in [3.8, 4) is 0 Å². The number of aliphatic hydroxyl groups excluding tert-OH is 1. The van der Waals surface area contributed by atoms with Crippen LogP contribution in [0.1, 0.15) is 12.8 Å². The summed E-state index contributed by atoms with van der Waals surface area (Å²) in [5.74, 6) is 0. The number of aromatic nitrogens is 1. The van der Waals surface area contributed by atoms with E-state index in [0.29, 0.717) is 6.04 Å². The summed E-state index contributed by atoms with van der Waals surface area (Å²) in [5.41, 5.74) is 1.25. The van der Waals surface area contributed by atoms with Gasteiger partial charge in [-0.15, -0.1) is 0 Å². The Balaban J connectivity index is 1.32. The standard InChI is InChI=1S/C18H28N4O2/c23-18-14-22(16-3-11-24-12-4-16)13-17(18)21-9-7-20(8-10-21)15-1-5-19-6-2-15/h1-2,5-6,16-18,23H,3-4,7-14H2/t17-,18-/m0/s1. The smallest absolute Gasteiger partial charge is 0.0834 e. The van der Waals surface area contributed by atoms with Gasteiger partial charge in [-0.1, -0.05) is 0 Å². The molecule has 1 aromatic heterocycles. The molecule has 3 fully saturated rings. The SMILES string of the molecule is O[C@H]1CN(C2CCOCC2)C[C@@H]1N1CCN(c2ccncc2)CC1. The molecule has 6 nitrogen and oxygen atoms in total. The maximum atomic E-state index is 10.6. The molecule has 0 amide bonds. The zero-order chi connectivity index (χ0) is 16.4. The van der Waals surface area contributed by atoms with Gasteiger partial charge >= 0.3 is 0 Å². The van der Waals surface area contributed by atoms with E-state index in [0.717, 1.165) is 65.3 Å². The van der Waals surface area contributed by atoms with Crippen molar-refractivity contribution in [2.24, 2.45) is 0 Å². The van der Waals surface area contributed by atoms with E-state index >= 15 is 0 Å². The van der Waals surface area contributed by atoms with Gasteiger partial charge in [0, 0.05) is 82.6 Å². The summed E-state index contributed by atoms with van der Waals surface area (Å²) < 4.78 is 5.47. The van der Waals surface area contributed by atoms with E-state index in [1.165, 1.54) is 5.69 Å². The number of β-amino-alcohol motifs (C(OH)–C–C–N with tert-alkyl or cyclic N) is 1. The normalized spacial score (nSPS) is 30.8. The maximum Gasteiger partial charge on any atom is 0.0834 e. The fourth-order valence-electron chi connectivity index (χ4n) is 4.37. The average molecular weight is 332 g/mol. The van der Waals surface area contributed by atoms with Gasteiger partial charge in [-0.05, 0) is 25.0 Å². The Hall–Kier alpha value is -1.21. The molecule has 4 heterocycles. The number of likely N-dealkylation sites (tertiary alicyclic amines) is 1. The minimum absolute atomic E-state index is 0.222. The summed E-state index contributed by atoms with van der Waals surface area (Å²) in [6, 6.07) is 5.03. The molecule has 132 valence electrons. The highest BCUT2D eigenvalue weighted by Crippen LogP contribution is 2.25. The predicted molar refractivity (Wildman–Crippen MR) is 93.2 cm³/mol. The Labute approximate surface area is 144 Å². The molecule has 4 rings (SSSR count). The van der Waals surface area contributed by atoms with Gasteiger partial charge in [0.25, 0.3) is 0 Å². The molecule has 0 spiro atoms. The minimum atomic E-state index is -0.222. The first-order valence-electron chi connectivity index (χ1n) is 9.20. The zero-order valence-corrected chi connectivity index (χ0v) is 14.3. The van der Waals surface area contributed by atoms with Crippen LogP contribution in [-0.2, 0) is 4.74 Å². The molecule has 0 aromatic carbocycles.